The van der Waals surface area contributed by atoms with Gasteiger partial charge >= 0.3 is 5.97 Å². The maximum Gasteiger partial charge on any atom is 0.330 e. The molecule has 1 saturated heterocycles. The van der Waals surface area contributed by atoms with Crippen LogP contribution < -0.4 is 0 Å². The topological polar surface area (TPSA) is 35.5 Å². The Morgan fingerprint density at radius 3 is 2.88 bits per heavy atom. The highest BCUT2D eigenvalue weighted by Gasteiger charge is 2.23. The van der Waals surface area contributed by atoms with E-state index in [0.717, 1.165) is 19.4 Å². The molecular weight excluding hydrogens is 232 g/mol. The summed E-state index contributed by atoms with van der Waals surface area (Å²) < 4.78 is 11.1. The van der Waals surface area contributed by atoms with Gasteiger partial charge in [0.2, 0.25) is 0 Å². The normalized spacial score (nSPS) is 20.9. The lowest BCUT2D eigenvalue weighted by Gasteiger charge is -2.26. The number of carbonyl (C=O) groups excluding carboxylic acids is 1. The predicted molar refractivity (Wildman–Crippen MR) is 71.6 cm³/mol. The second-order valence-electron chi connectivity index (χ2n) is 5.27. The minimum Gasteiger partial charge on any atom is -0.457 e. The van der Waals surface area contributed by atoms with Crippen LogP contribution in [-0.4, -0.2) is 27.2 Å². The van der Waals surface area contributed by atoms with Crippen LogP contribution in [0.5, 0.6) is 0 Å². The maximum atomic E-state index is 11.1. The number of hydrogen-bond acceptors (Lipinski definition) is 3. The highest BCUT2D eigenvalue weighted by Crippen LogP contribution is 2.22. The van der Waals surface area contributed by atoms with Gasteiger partial charge in [-0.1, -0.05) is 19.4 Å². The summed E-state index contributed by atoms with van der Waals surface area (Å²) in [6.45, 7) is 8.29. The Hall–Kier alpha value is -0.613. The van der Waals surface area contributed by atoms with Gasteiger partial charge in [-0.2, -0.15) is 0 Å². The molecule has 0 radical (unpaired) electrons. The molecule has 0 aromatic carbocycles. The van der Waals surface area contributed by atoms with Crippen molar-refractivity contribution in [3.63, 3.8) is 0 Å². The second-order valence-corrected chi connectivity index (χ2v) is 8.00. The summed E-state index contributed by atoms with van der Waals surface area (Å²) in [7, 11) is -0.919. The number of ether oxygens (including phenoxy) is 1. The highest BCUT2D eigenvalue weighted by atomic mass is 28.3. The van der Waals surface area contributed by atoms with Crippen LogP contribution in [0.25, 0.3) is 0 Å². The van der Waals surface area contributed by atoms with E-state index in [1.807, 2.05) is 13.8 Å². The van der Waals surface area contributed by atoms with Crippen LogP contribution in [-0.2, 0) is 14.0 Å². The van der Waals surface area contributed by atoms with Gasteiger partial charge in [-0.05, 0) is 38.8 Å². The molecular formula is C13H24O3Si. The quantitative estimate of drug-likeness (QED) is 0.416. The van der Waals surface area contributed by atoms with Crippen molar-refractivity contribution in [1.29, 1.82) is 0 Å². The van der Waals surface area contributed by atoms with Gasteiger partial charge < -0.3 is 9.16 Å². The van der Waals surface area contributed by atoms with Gasteiger partial charge in [0.05, 0.1) is 0 Å². The second kappa shape index (κ2) is 6.96. The Labute approximate surface area is 106 Å². The molecule has 0 aromatic heterocycles. The first-order valence-corrected chi connectivity index (χ1v) is 8.61. The van der Waals surface area contributed by atoms with Crippen molar-refractivity contribution in [3.05, 3.63) is 12.7 Å². The van der Waals surface area contributed by atoms with Gasteiger partial charge in [-0.15, -0.1) is 0 Å². The zero-order valence-electron chi connectivity index (χ0n) is 11.0. The molecule has 0 saturated carbocycles. The molecule has 0 aliphatic carbocycles. The van der Waals surface area contributed by atoms with Crippen molar-refractivity contribution in [2.24, 2.45) is 0 Å². The van der Waals surface area contributed by atoms with E-state index in [1.54, 1.807) is 0 Å². The molecule has 1 aliphatic heterocycles. The first-order chi connectivity index (χ1) is 8.03. The van der Waals surface area contributed by atoms with Crippen molar-refractivity contribution in [1.82, 2.24) is 0 Å². The third-order valence-corrected chi connectivity index (χ3v) is 5.93. The Kier molecular flexibility index (Phi) is 5.92. The summed E-state index contributed by atoms with van der Waals surface area (Å²) in [6, 6.07) is 2.52. The number of hydrogen-bond donors (Lipinski definition) is 0. The number of carbonyl (C=O) groups is 1. The van der Waals surface area contributed by atoms with Gasteiger partial charge in [0, 0.05) is 12.7 Å². The fourth-order valence-electron chi connectivity index (χ4n) is 2.16. The lowest BCUT2D eigenvalue weighted by Crippen LogP contribution is -2.28. The highest BCUT2D eigenvalue weighted by molar-refractivity contribution is 6.51. The molecule has 3 nitrogen and oxygen atoms in total. The lowest BCUT2D eigenvalue weighted by atomic mass is 10.0. The molecule has 1 aliphatic rings. The molecule has 17 heavy (non-hydrogen) atoms. The molecule has 1 atom stereocenters. The zero-order valence-corrected chi connectivity index (χ0v) is 12.2. The summed E-state index contributed by atoms with van der Waals surface area (Å²) in [4.78, 5) is 11.1. The van der Waals surface area contributed by atoms with Crippen molar-refractivity contribution < 1.29 is 14.0 Å². The van der Waals surface area contributed by atoms with Crippen LogP contribution >= 0.6 is 0 Å². The summed E-state index contributed by atoms with van der Waals surface area (Å²) >= 11 is 0. The first kappa shape index (κ1) is 14.4. The van der Waals surface area contributed by atoms with E-state index in [9.17, 15) is 4.79 Å². The monoisotopic (exact) mass is 256 g/mol. The number of rotatable bonds is 6. The minimum absolute atomic E-state index is 0.332. The molecule has 1 heterocycles. The van der Waals surface area contributed by atoms with E-state index in [1.165, 1.54) is 31.0 Å². The Balaban J connectivity index is 2.19. The molecule has 1 fully saturated rings. The predicted octanol–water partition coefficient (Wildman–Crippen LogP) is 2.81. The Morgan fingerprint density at radius 2 is 2.29 bits per heavy atom. The zero-order chi connectivity index (χ0) is 12.7. The fourth-order valence-corrected chi connectivity index (χ4v) is 4.68. The van der Waals surface area contributed by atoms with E-state index in [0.29, 0.717) is 0 Å². The summed E-state index contributed by atoms with van der Waals surface area (Å²) in [5.74, 6) is -0.332. The lowest BCUT2D eigenvalue weighted by molar-refractivity contribution is -0.150. The van der Waals surface area contributed by atoms with Gasteiger partial charge in [-0.25, -0.2) is 4.79 Å². The van der Waals surface area contributed by atoms with Crippen molar-refractivity contribution in [2.75, 3.05) is 6.61 Å². The van der Waals surface area contributed by atoms with Crippen molar-refractivity contribution in [2.45, 2.75) is 57.2 Å². The van der Waals surface area contributed by atoms with E-state index in [-0.39, 0.29) is 11.6 Å². The fraction of sp³-hybridized carbons (Fsp3) is 0.769. The largest absolute Gasteiger partial charge is 0.457 e. The molecule has 1 unspecified atom stereocenters. The molecule has 0 amide bonds. The maximum absolute atomic E-state index is 11.1. The number of esters is 1. The molecule has 98 valence electrons. The minimum atomic E-state index is -0.919. The summed E-state index contributed by atoms with van der Waals surface area (Å²) in [5, 5.41) is 0. The summed E-state index contributed by atoms with van der Waals surface area (Å²) in [5.41, 5.74) is -0.381. The van der Waals surface area contributed by atoms with Crippen LogP contribution in [0.15, 0.2) is 12.7 Å². The van der Waals surface area contributed by atoms with Crippen LogP contribution in [0, 0.1) is 0 Å². The van der Waals surface area contributed by atoms with Gasteiger partial charge in [0.15, 0.2) is 9.04 Å². The van der Waals surface area contributed by atoms with E-state index in [4.69, 9.17) is 9.16 Å². The van der Waals surface area contributed by atoms with Gasteiger partial charge in [0.25, 0.3) is 0 Å². The summed E-state index contributed by atoms with van der Waals surface area (Å²) in [6.07, 6.45) is 5.78. The molecule has 1 rings (SSSR count). The molecule has 0 aromatic rings. The van der Waals surface area contributed by atoms with Crippen molar-refractivity contribution >= 4 is 15.0 Å². The smallest absolute Gasteiger partial charge is 0.330 e. The van der Waals surface area contributed by atoms with Gasteiger partial charge in [0.1, 0.15) is 5.60 Å². The van der Waals surface area contributed by atoms with E-state index >= 15 is 0 Å². The SMILES string of the molecule is C=CC(=O)OC(C)(C)CCC[SiH]1CCCCO1. The average molecular weight is 256 g/mol. The molecule has 0 spiro atoms. The average Bonchev–Trinajstić information content (AvgIpc) is 2.29. The van der Waals surface area contributed by atoms with Crippen molar-refractivity contribution in [3.8, 4) is 0 Å². The molecule has 0 N–H and O–H groups in total. The van der Waals surface area contributed by atoms with E-state index < -0.39 is 9.04 Å². The third kappa shape index (κ3) is 6.03. The molecule has 4 heteroatoms. The molecule has 0 bridgehead atoms. The third-order valence-electron chi connectivity index (χ3n) is 3.12. The van der Waals surface area contributed by atoms with Gasteiger partial charge in [-0.3, -0.25) is 0 Å². The van der Waals surface area contributed by atoms with E-state index in [2.05, 4.69) is 6.58 Å². The first-order valence-electron chi connectivity index (χ1n) is 6.50. The van der Waals surface area contributed by atoms with Crippen LogP contribution in [0.3, 0.4) is 0 Å². The van der Waals surface area contributed by atoms with Crippen LogP contribution in [0.4, 0.5) is 0 Å². The Morgan fingerprint density at radius 1 is 1.53 bits per heavy atom. The van der Waals surface area contributed by atoms with Crippen LogP contribution in [0.1, 0.15) is 39.5 Å². The Bertz CT molecular complexity index is 257. The van der Waals surface area contributed by atoms with Crippen LogP contribution in [0.2, 0.25) is 12.1 Å². The standard InChI is InChI=1S/C13H24O3Si/c1-4-12(14)16-13(2,3)8-7-11-17-10-6-5-9-15-17/h4,17H,1,5-11H2,2-3H3.